The molecule has 3 N–H and O–H groups in total. The molecule has 2 amide bonds. The lowest BCUT2D eigenvalue weighted by molar-refractivity contribution is -0.136. The smallest absolute Gasteiger partial charge is 0.325 e. The molecule has 0 aliphatic carbocycles. The van der Waals surface area contributed by atoms with Crippen LogP contribution < -0.4 is 15.4 Å². The molecule has 1 aromatic carbocycles. The van der Waals surface area contributed by atoms with Crippen LogP contribution in [0.25, 0.3) is 0 Å². The summed E-state index contributed by atoms with van der Waals surface area (Å²) in [7, 11) is 1.54. The zero-order valence-electron chi connectivity index (χ0n) is 11.1. The van der Waals surface area contributed by atoms with Crippen molar-refractivity contribution in [2.75, 3.05) is 17.7 Å². The molecule has 8 heteroatoms. The molecular formula is C13H13N3O4S. The summed E-state index contributed by atoms with van der Waals surface area (Å²) < 4.78 is 5.06. The third-order valence-corrected chi connectivity index (χ3v) is 3.24. The van der Waals surface area contributed by atoms with Crippen LogP contribution in [-0.2, 0) is 11.2 Å². The van der Waals surface area contributed by atoms with Crippen molar-refractivity contribution in [2.45, 2.75) is 6.42 Å². The van der Waals surface area contributed by atoms with Crippen molar-refractivity contribution in [3.05, 3.63) is 35.3 Å². The lowest BCUT2D eigenvalue weighted by Gasteiger charge is -2.06. The highest BCUT2D eigenvalue weighted by molar-refractivity contribution is 7.13. The molecule has 0 fully saturated rings. The van der Waals surface area contributed by atoms with Crippen LogP contribution in [-0.4, -0.2) is 29.2 Å². The molecule has 0 aliphatic heterocycles. The molecule has 0 bridgehead atoms. The van der Waals surface area contributed by atoms with Crippen LogP contribution in [0.3, 0.4) is 0 Å². The van der Waals surface area contributed by atoms with Crippen LogP contribution >= 0.6 is 11.3 Å². The number of amides is 2. The number of carbonyl (C=O) groups excluding carboxylic acids is 1. The van der Waals surface area contributed by atoms with E-state index in [-0.39, 0.29) is 6.42 Å². The number of carbonyl (C=O) groups is 2. The van der Waals surface area contributed by atoms with Crippen molar-refractivity contribution in [1.29, 1.82) is 0 Å². The van der Waals surface area contributed by atoms with Crippen molar-refractivity contribution in [3.8, 4) is 5.75 Å². The number of carboxylic acids is 1. The van der Waals surface area contributed by atoms with E-state index in [9.17, 15) is 9.59 Å². The normalized spacial score (nSPS) is 9.95. The van der Waals surface area contributed by atoms with Gasteiger partial charge < -0.3 is 15.2 Å². The van der Waals surface area contributed by atoms with Gasteiger partial charge in [0.05, 0.1) is 19.2 Å². The Kier molecular flexibility index (Phi) is 4.72. The van der Waals surface area contributed by atoms with Gasteiger partial charge in [-0.05, 0) is 12.1 Å². The van der Waals surface area contributed by atoms with Gasteiger partial charge in [-0.3, -0.25) is 10.1 Å². The maximum atomic E-state index is 11.8. The fourth-order valence-corrected chi connectivity index (χ4v) is 2.27. The number of hydrogen-bond donors (Lipinski definition) is 3. The summed E-state index contributed by atoms with van der Waals surface area (Å²) in [5.41, 5.74) is 0.985. The lowest BCUT2D eigenvalue weighted by Crippen LogP contribution is -2.19. The Morgan fingerprint density at radius 2 is 2.19 bits per heavy atom. The molecule has 0 saturated carbocycles. The number of rotatable bonds is 5. The van der Waals surface area contributed by atoms with Gasteiger partial charge in [0.2, 0.25) is 0 Å². The van der Waals surface area contributed by atoms with E-state index in [4.69, 9.17) is 9.84 Å². The number of hydrogen-bond acceptors (Lipinski definition) is 5. The quantitative estimate of drug-likeness (QED) is 0.787. The Hall–Kier alpha value is -2.61. The number of aromatic nitrogens is 1. The third-order valence-electron chi connectivity index (χ3n) is 2.43. The van der Waals surface area contributed by atoms with Gasteiger partial charge in [0.25, 0.3) is 0 Å². The SMILES string of the molecule is COc1cccc(NC(=O)Nc2nc(CC(=O)O)cs2)c1. The standard InChI is InChI=1S/C13H13N3O4S/c1-20-10-4-2-3-8(5-10)14-12(19)16-13-15-9(7-21-13)6-11(17)18/h2-5,7H,6H2,1H3,(H,17,18)(H2,14,15,16,19). The molecular weight excluding hydrogens is 294 g/mol. The number of urea groups is 1. The van der Waals surface area contributed by atoms with Gasteiger partial charge in [-0.25, -0.2) is 9.78 Å². The highest BCUT2D eigenvalue weighted by Gasteiger charge is 2.09. The van der Waals surface area contributed by atoms with Gasteiger partial charge in [-0.2, -0.15) is 0 Å². The van der Waals surface area contributed by atoms with Gasteiger partial charge in [0, 0.05) is 17.1 Å². The summed E-state index contributed by atoms with van der Waals surface area (Å²) in [6.07, 6.45) is -0.171. The summed E-state index contributed by atoms with van der Waals surface area (Å²) in [4.78, 5) is 26.4. The molecule has 0 unspecified atom stereocenters. The molecule has 7 nitrogen and oxygen atoms in total. The Labute approximate surface area is 124 Å². The van der Waals surface area contributed by atoms with Gasteiger partial charge >= 0.3 is 12.0 Å². The number of benzene rings is 1. The van der Waals surface area contributed by atoms with E-state index in [1.54, 1.807) is 36.8 Å². The second kappa shape index (κ2) is 6.71. The minimum Gasteiger partial charge on any atom is -0.497 e. The fraction of sp³-hybridized carbons (Fsp3) is 0.154. The molecule has 0 aliphatic rings. The number of thiazole rings is 1. The zero-order valence-corrected chi connectivity index (χ0v) is 11.9. The van der Waals surface area contributed by atoms with Gasteiger partial charge in [-0.15, -0.1) is 11.3 Å². The van der Waals surface area contributed by atoms with Gasteiger partial charge in [0.15, 0.2) is 5.13 Å². The highest BCUT2D eigenvalue weighted by atomic mass is 32.1. The minimum absolute atomic E-state index is 0.171. The molecule has 1 aromatic heterocycles. The molecule has 21 heavy (non-hydrogen) atoms. The first kappa shape index (κ1) is 14.8. The van der Waals surface area contributed by atoms with Gasteiger partial charge in [0.1, 0.15) is 5.75 Å². The summed E-state index contributed by atoms with van der Waals surface area (Å²) in [6.45, 7) is 0. The summed E-state index contributed by atoms with van der Waals surface area (Å²) in [5, 5.41) is 15.8. The first-order valence-corrected chi connectivity index (χ1v) is 6.83. The maximum Gasteiger partial charge on any atom is 0.325 e. The van der Waals surface area contributed by atoms with E-state index in [2.05, 4.69) is 15.6 Å². The largest absolute Gasteiger partial charge is 0.497 e. The predicted octanol–water partition coefficient (Wildman–Crippen LogP) is 2.42. The molecule has 0 saturated heterocycles. The van der Waals surface area contributed by atoms with Crippen molar-refractivity contribution in [2.24, 2.45) is 0 Å². The first-order valence-electron chi connectivity index (χ1n) is 5.95. The topological polar surface area (TPSA) is 101 Å². The van der Waals surface area contributed by atoms with Crippen LogP contribution in [0.1, 0.15) is 5.69 Å². The van der Waals surface area contributed by atoms with E-state index >= 15 is 0 Å². The molecule has 0 radical (unpaired) electrons. The monoisotopic (exact) mass is 307 g/mol. The third kappa shape index (κ3) is 4.46. The number of nitrogens with zero attached hydrogens (tertiary/aromatic N) is 1. The van der Waals surface area contributed by atoms with Crippen LogP contribution in [0.2, 0.25) is 0 Å². The molecule has 2 rings (SSSR count). The van der Waals surface area contributed by atoms with Gasteiger partial charge in [-0.1, -0.05) is 6.07 Å². The summed E-state index contributed by atoms with van der Waals surface area (Å²) in [6, 6.07) is 6.46. The Balaban J connectivity index is 1.94. The van der Waals surface area contributed by atoms with E-state index in [1.165, 1.54) is 11.3 Å². The van der Waals surface area contributed by atoms with E-state index in [1.807, 2.05) is 0 Å². The fourth-order valence-electron chi connectivity index (χ4n) is 1.56. The Morgan fingerprint density at radius 1 is 1.38 bits per heavy atom. The number of aliphatic carboxylic acids is 1. The van der Waals surface area contributed by atoms with Crippen molar-refractivity contribution < 1.29 is 19.4 Å². The van der Waals surface area contributed by atoms with E-state index < -0.39 is 12.0 Å². The van der Waals surface area contributed by atoms with Crippen molar-refractivity contribution >= 4 is 34.2 Å². The second-order valence-electron chi connectivity index (χ2n) is 4.03. The number of nitrogens with one attached hydrogen (secondary N) is 2. The van der Waals surface area contributed by atoms with Crippen LogP contribution in [0.5, 0.6) is 5.75 Å². The number of carboxylic acid groups (broad SMARTS) is 1. The average Bonchev–Trinajstić information content (AvgIpc) is 2.85. The summed E-state index contributed by atoms with van der Waals surface area (Å²) in [5.74, 6) is -0.335. The predicted molar refractivity (Wildman–Crippen MR) is 79.1 cm³/mol. The van der Waals surface area contributed by atoms with Crippen molar-refractivity contribution in [1.82, 2.24) is 4.98 Å². The molecule has 2 aromatic rings. The molecule has 0 spiro atoms. The molecule has 110 valence electrons. The van der Waals surface area contributed by atoms with Crippen LogP contribution in [0.4, 0.5) is 15.6 Å². The average molecular weight is 307 g/mol. The minimum atomic E-state index is -0.965. The van der Waals surface area contributed by atoms with Crippen LogP contribution in [0.15, 0.2) is 29.6 Å². The number of ether oxygens (including phenoxy) is 1. The first-order chi connectivity index (χ1) is 10.1. The second-order valence-corrected chi connectivity index (χ2v) is 4.88. The lowest BCUT2D eigenvalue weighted by atomic mass is 10.3. The molecule has 1 heterocycles. The summed E-state index contributed by atoms with van der Waals surface area (Å²) >= 11 is 1.17. The number of methoxy groups -OCH3 is 1. The van der Waals surface area contributed by atoms with E-state index in [0.717, 1.165) is 0 Å². The van der Waals surface area contributed by atoms with E-state index in [0.29, 0.717) is 22.3 Å². The Morgan fingerprint density at radius 3 is 2.90 bits per heavy atom. The number of anilines is 2. The molecule has 0 atom stereocenters. The van der Waals surface area contributed by atoms with Crippen LogP contribution in [0, 0.1) is 0 Å². The van der Waals surface area contributed by atoms with Crippen molar-refractivity contribution in [3.63, 3.8) is 0 Å². The Bertz CT molecular complexity index is 656. The zero-order chi connectivity index (χ0) is 15.2. The highest BCUT2D eigenvalue weighted by Crippen LogP contribution is 2.18. The maximum absolute atomic E-state index is 11.8.